The zero-order chi connectivity index (χ0) is 14.7. The van der Waals surface area contributed by atoms with Crippen LogP contribution in [0.3, 0.4) is 0 Å². The van der Waals surface area contributed by atoms with Gasteiger partial charge in [-0.25, -0.2) is 0 Å². The number of carboxylic acids is 1. The van der Waals surface area contributed by atoms with Crippen molar-refractivity contribution in [2.24, 2.45) is 5.73 Å². The number of nitrogens with one attached hydrogen (secondary N) is 1. The number of rotatable bonds is 4. The number of hydrogen-bond acceptors (Lipinski definition) is 5. The molecule has 1 aromatic rings. The summed E-state index contributed by atoms with van der Waals surface area (Å²) in [7, 11) is 0. The van der Waals surface area contributed by atoms with Gasteiger partial charge in [-0.15, -0.1) is 0 Å². The summed E-state index contributed by atoms with van der Waals surface area (Å²) in [5.41, 5.74) is 5.76. The Labute approximate surface area is 119 Å². The average Bonchev–Trinajstić information content (AvgIpc) is 2.38. The second-order valence-corrected chi connectivity index (χ2v) is 4.58. The van der Waals surface area contributed by atoms with E-state index in [-0.39, 0.29) is 5.02 Å². The Balaban J connectivity index is 2.13. The summed E-state index contributed by atoms with van der Waals surface area (Å²) >= 11 is 6.01. The fourth-order valence-electron chi connectivity index (χ4n) is 1.67. The number of carbonyl (C=O) groups is 2. The Kier molecular flexibility index (Phi) is 4.31. The maximum Gasteiger partial charge on any atom is 0.305 e. The van der Waals surface area contributed by atoms with Crippen LogP contribution in [0.2, 0.25) is 5.02 Å². The number of anilines is 1. The number of benzene rings is 1. The summed E-state index contributed by atoms with van der Waals surface area (Å²) in [5, 5.41) is 11.3. The molecule has 1 aliphatic rings. The molecule has 0 saturated heterocycles. The van der Waals surface area contributed by atoms with E-state index in [0.29, 0.717) is 30.4 Å². The molecule has 1 amide bonds. The highest BCUT2D eigenvalue weighted by atomic mass is 35.5. The van der Waals surface area contributed by atoms with Gasteiger partial charge in [0.15, 0.2) is 11.5 Å². The lowest BCUT2D eigenvalue weighted by Gasteiger charge is -2.20. The molecule has 1 unspecified atom stereocenters. The van der Waals surface area contributed by atoms with Crippen LogP contribution in [-0.2, 0) is 9.59 Å². The van der Waals surface area contributed by atoms with Gasteiger partial charge in [0.05, 0.1) is 23.2 Å². The molecule has 1 aromatic carbocycles. The topological polar surface area (TPSA) is 111 Å². The van der Waals surface area contributed by atoms with Gasteiger partial charge in [0.2, 0.25) is 5.91 Å². The molecule has 0 fully saturated rings. The molecule has 8 heteroatoms. The minimum atomic E-state index is -1.16. The predicted octanol–water partition coefficient (Wildman–Crippen LogP) is 0.852. The SMILES string of the molecule is NC(CC(=O)O)C(=O)Nc1cc2c(cc1Cl)OCCO2. The predicted molar refractivity (Wildman–Crippen MR) is 71.3 cm³/mol. The number of carbonyl (C=O) groups excluding carboxylic acids is 1. The van der Waals surface area contributed by atoms with Crippen LogP contribution in [0.15, 0.2) is 12.1 Å². The molecular formula is C12H13ClN2O5. The Morgan fingerprint density at radius 1 is 1.35 bits per heavy atom. The van der Waals surface area contributed by atoms with Crippen molar-refractivity contribution in [3.63, 3.8) is 0 Å². The summed E-state index contributed by atoms with van der Waals surface area (Å²) in [4.78, 5) is 22.2. The van der Waals surface area contributed by atoms with Gasteiger partial charge in [-0.2, -0.15) is 0 Å². The molecule has 0 bridgehead atoms. The van der Waals surface area contributed by atoms with Crippen LogP contribution < -0.4 is 20.5 Å². The van der Waals surface area contributed by atoms with E-state index in [1.807, 2.05) is 0 Å². The summed E-state index contributed by atoms with van der Waals surface area (Å²) < 4.78 is 10.7. The first-order chi connectivity index (χ1) is 9.47. The molecule has 1 atom stereocenters. The number of hydrogen-bond donors (Lipinski definition) is 3. The van der Waals surface area contributed by atoms with E-state index < -0.39 is 24.3 Å². The zero-order valence-corrected chi connectivity index (χ0v) is 11.1. The van der Waals surface area contributed by atoms with E-state index in [2.05, 4.69) is 5.32 Å². The number of carboxylic acid groups (broad SMARTS) is 1. The van der Waals surface area contributed by atoms with Crippen molar-refractivity contribution in [3.05, 3.63) is 17.2 Å². The molecule has 1 aliphatic heterocycles. The van der Waals surface area contributed by atoms with Crippen LogP contribution >= 0.6 is 11.6 Å². The molecule has 108 valence electrons. The van der Waals surface area contributed by atoms with Crippen molar-refractivity contribution >= 4 is 29.2 Å². The van der Waals surface area contributed by atoms with Crippen molar-refractivity contribution in [3.8, 4) is 11.5 Å². The maximum absolute atomic E-state index is 11.7. The molecular weight excluding hydrogens is 288 g/mol. The molecule has 0 saturated carbocycles. The zero-order valence-electron chi connectivity index (χ0n) is 10.4. The van der Waals surface area contributed by atoms with Gasteiger partial charge in [-0.1, -0.05) is 11.6 Å². The van der Waals surface area contributed by atoms with Gasteiger partial charge in [0.25, 0.3) is 0 Å². The monoisotopic (exact) mass is 300 g/mol. The van der Waals surface area contributed by atoms with Crippen molar-refractivity contribution < 1.29 is 24.2 Å². The second kappa shape index (κ2) is 5.98. The average molecular weight is 301 g/mol. The molecule has 0 radical (unpaired) electrons. The number of halogens is 1. The minimum Gasteiger partial charge on any atom is -0.486 e. The second-order valence-electron chi connectivity index (χ2n) is 4.17. The van der Waals surface area contributed by atoms with Crippen LogP contribution in [0.5, 0.6) is 11.5 Å². The molecule has 20 heavy (non-hydrogen) atoms. The smallest absolute Gasteiger partial charge is 0.305 e. The highest BCUT2D eigenvalue weighted by molar-refractivity contribution is 6.34. The summed E-state index contributed by atoms with van der Waals surface area (Å²) in [6.45, 7) is 0.832. The van der Waals surface area contributed by atoms with Crippen molar-refractivity contribution in [1.29, 1.82) is 0 Å². The molecule has 0 spiro atoms. The van der Waals surface area contributed by atoms with E-state index in [4.69, 9.17) is 31.9 Å². The fourth-order valence-corrected chi connectivity index (χ4v) is 1.87. The third kappa shape index (κ3) is 3.31. The van der Waals surface area contributed by atoms with E-state index in [9.17, 15) is 9.59 Å². The number of ether oxygens (including phenoxy) is 2. The van der Waals surface area contributed by atoms with Gasteiger partial charge in [0, 0.05) is 12.1 Å². The highest BCUT2D eigenvalue weighted by Crippen LogP contribution is 2.37. The standard InChI is InChI=1S/C12H13ClN2O5/c13-6-3-9-10(20-2-1-19-9)5-8(6)15-12(18)7(14)4-11(16)17/h3,5,7H,1-2,4,14H2,(H,15,18)(H,16,17). The maximum atomic E-state index is 11.7. The van der Waals surface area contributed by atoms with E-state index in [0.717, 1.165) is 0 Å². The van der Waals surface area contributed by atoms with E-state index in [1.54, 1.807) is 0 Å². The summed E-state index contributed by atoms with van der Waals surface area (Å²) in [6.07, 6.45) is -0.464. The number of amides is 1. The highest BCUT2D eigenvalue weighted by Gasteiger charge is 2.20. The third-order valence-corrected chi connectivity index (χ3v) is 2.93. The van der Waals surface area contributed by atoms with Gasteiger partial charge >= 0.3 is 5.97 Å². The normalized spacial score (nSPS) is 14.5. The van der Waals surface area contributed by atoms with Gasteiger partial charge < -0.3 is 25.6 Å². The fraction of sp³-hybridized carbons (Fsp3) is 0.333. The van der Waals surface area contributed by atoms with E-state index in [1.165, 1.54) is 12.1 Å². The minimum absolute atomic E-state index is 0.255. The van der Waals surface area contributed by atoms with Gasteiger partial charge in [-0.3, -0.25) is 9.59 Å². The van der Waals surface area contributed by atoms with Gasteiger partial charge in [-0.05, 0) is 0 Å². The molecule has 1 heterocycles. The molecule has 4 N–H and O–H groups in total. The van der Waals surface area contributed by atoms with Crippen LogP contribution in [0.1, 0.15) is 6.42 Å². The van der Waals surface area contributed by atoms with Crippen LogP contribution in [0.4, 0.5) is 5.69 Å². The van der Waals surface area contributed by atoms with E-state index >= 15 is 0 Å². The van der Waals surface area contributed by atoms with Crippen LogP contribution in [0.25, 0.3) is 0 Å². The lowest BCUT2D eigenvalue weighted by atomic mass is 10.2. The lowest BCUT2D eigenvalue weighted by Crippen LogP contribution is -2.37. The molecule has 0 aliphatic carbocycles. The molecule has 7 nitrogen and oxygen atoms in total. The Bertz CT molecular complexity index is 549. The molecule has 0 aromatic heterocycles. The first kappa shape index (κ1) is 14.4. The van der Waals surface area contributed by atoms with Crippen LogP contribution in [-0.4, -0.2) is 36.2 Å². The quantitative estimate of drug-likeness (QED) is 0.760. The van der Waals surface area contributed by atoms with Crippen molar-refractivity contribution in [2.45, 2.75) is 12.5 Å². The Hall–Kier alpha value is -1.99. The van der Waals surface area contributed by atoms with Crippen molar-refractivity contribution in [1.82, 2.24) is 0 Å². The largest absolute Gasteiger partial charge is 0.486 e. The lowest BCUT2D eigenvalue weighted by molar-refractivity contribution is -0.138. The van der Waals surface area contributed by atoms with Gasteiger partial charge in [0.1, 0.15) is 13.2 Å². The summed E-state index contributed by atoms with van der Waals surface area (Å²) in [5.74, 6) is -0.830. The number of fused-ring (bicyclic) bond motifs is 1. The van der Waals surface area contributed by atoms with Crippen molar-refractivity contribution in [2.75, 3.05) is 18.5 Å². The third-order valence-electron chi connectivity index (χ3n) is 2.62. The Morgan fingerprint density at radius 2 is 1.95 bits per heavy atom. The summed E-state index contributed by atoms with van der Waals surface area (Å²) in [6, 6.07) is 1.88. The van der Waals surface area contributed by atoms with Crippen LogP contribution in [0, 0.1) is 0 Å². The number of nitrogens with two attached hydrogens (primary N) is 1. The molecule has 2 rings (SSSR count). The first-order valence-electron chi connectivity index (χ1n) is 5.84. The number of aliphatic carboxylic acids is 1. The Morgan fingerprint density at radius 3 is 2.55 bits per heavy atom. The first-order valence-corrected chi connectivity index (χ1v) is 6.22.